The van der Waals surface area contributed by atoms with Crippen molar-refractivity contribution in [2.24, 2.45) is 0 Å². The number of benzene rings is 2. The normalized spacial score (nSPS) is 12.7. The van der Waals surface area contributed by atoms with Gasteiger partial charge in [0.15, 0.2) is 0 Å². The average Bonchev–Trinajstić information content (AvgIpc) is 2.60. The second kappa shape index (κ2) is 8.49. The Bertz CT molecular complexity index is 879. The van der Waals surface area contributed by atoms with E-state index in [4.69, 9.17) is 0 Å². The standard InChI is InChI=1S/C16H18Br2N2O4S2/c1-13-3-7-15(8-4-13)25(21,22)19(17)11-12-20(18)26(23,24)16-9-5-14(2)6-10-16/h3-10H,11-12H2,1-2H3. The first-order chi connectivity index (χ1) is 12.0. The Labute approximate surface area is 171 Å². The van der Waals surface area contributed by atoms with Crippen LogP contribution >= 0.6 is 32.3 Å². The first-order valence-electron chi connectivity index (χ1n) is 7.55. The lowest BCUT2D eigenvalue weighted by molar-refractivity contribution is 0.512. The maximum absolute atomic E-state index is 12.5. The van der Waals surface area contributed by atoms with Crippen LogP contribution in [0.2, 0.25) is 0 Å². The molecule has 0 aliphatic heterocycles. The molecule has 0 aliphatic carbocycles. The fourth-order valence-electron chi connectivity index (χ4n) is 2.05. The Morgan fingerprint density at radius 1 is 0.654 bits per heavy atom. The molecule has 2 aromatic rings. The first kappa shape index (κ1) is 21.5. The summed E-state index contributed by atoms with van der Waals surface area (Å²) in [4.78, 5) is 0.255. The summed E-state index contributed by atoms with van der Waals surface area (Å²) in [5.74, 6) is 0. The van der Waals surface area contributed by atoms with Gasteiger partial charge in [-0.1, -0.05) is 35.4 Å². The van der Waals surface area contributed by atoms with E-state index in [1.165, 1.54) is 24.3 Å². The molecule has 0 fully saturated rings. The summed E-state index contributed by atoms with van der Waals surface area (Å²) in [6.07, 6.45) is 0. The number of halogens is 2. The zero-order valence-corrected chi connectivity index (χ0v) is 18.9. The summed E-state index contributed by atoms with van der Waals surface area (Å²) in [5.41, 5.74) is 1.89. The summed E-state index contributed by atoms with van der Waals surface area (Å²) >= 11 is 6.04. The van der Waals surface area contributed by atoms with Crippen LogP contribution in [0.15, 0.2) is 58.3 Å². The molecule has 2 aromatic carbocycles. The van der Waals surface area contributed by atoms with Gasteiger partial charge in [0.2, 0.25) is 0 Å². The van der Waals surface area contributed by atoms with Crippen LogP contribution in [0.4, 0.5) is 0 Å². The summed E-state index contributed by atoms with van der Waals surface area (Å²) in [7, 11) is -7.52. The maximum atomic E-state index is 12.5. The van der Waals surface area contributed by atoms with E-state index in [-0.39, 0.29) is 22.9 Å². The molecule has 0 spiro atoms. The summed E-state index contributed by atoms with van der Waals surface area (Å²) in [6.45, 7) is 3.57. The van der Waals surface area contributed by atoms with E-state index in [2.05, 4.69) is 32.3 Å². The van der Waals surface area contributed by atoms with Crippen LogP contribution in [0, 0.1) is 13.8 Å². The molecule has 0 aromatic heterocycles. The minimum atomic E-state index is -3.76. The molecule has 0 bridgehead atoms. The number of hydrogen-bond acceptors (Lipinski definition) is 4. The minimum Gasteiger partial charge on any atom is -0.206 e. The highest BCUT2D eigenvalue weighted by Gasteiger charge is 2.26. The molecule has 0 amide bonds. The fraction of sp³-hybridized carbons (Fsp3) is 0.250. The van der Waals surface area contributed by atoms with Crippen LogP contribution in [0.3, 0.4) is 0 Å². The summed E-state index contributed by atoms with van der Waals surface area (Å²) < 4.78 is 51.9. The molecule has 0 saturated heterocycles. The summed E-state index contributed by atoms with van der Waals surface area (Å²) in [5, 5.41) is 0. The Morgan fingerprint density at radius 2 is 0.923 bits per heavy atom. The van der Waals surface area contributed by atoms with Gasteiger partial charge in [0.1, 0.15) is 0 Å². The third-order valence-corrected chi connectivity index (χ3v) is 9.75. The van der Waals surface area contributed by atoms with Crippen molar-refractivity contribution in [1.29, 1.82) is 0 Å². The van der Waals surface area contributed by atoms with E-state index in [0.29, 0.717) is 0 Å². The molecule has 0 atom stereocenters. The molecule has 2 rings (SSSR count). The lowest BCUT2D eigenvalue weighted by Crippen LogP contribution is -2.32. The van der Waals surface area contributed by atoms with E-state index in [1.807, 2.05) is 13.8 Å². The Balaban J connectivity index is 2.09. The van der Waals surface area contributed by atoms with Gasteiger partial charge in [0.25, 0.3) is 20.0 Å². The highest BCUT2D eigenvalue weighted by Crippen LogP contribution is 2.22. The molecule has 0 N–H and O–H groups in total. The predicted octanol–water partition coefficient (Wildman–Crippen LogP) is 3.60. The number of rotatable bonds is 7. The van der Waals surface area contributed by atoms with E-state index < -0.39 is 20.0 Å². The van der Waals surface area contributed by atoms with Gasteiger partial charge >= 0.3 is 0 Å². The average molecular weight is 526 g/mol. The van der Waals surface area contributed by atoms with Gasteiger partial charge in [-0.15, -0.1) is 6.66 Å². The molecule has 6 nitrogen and oxygen atoms in total. The van der Waals surface area contributed by atoms with Gasteiger partial charge in [-0.2, -0.15) is 0 Å². The summed E-state index contributed by atoms with van der Waals surface area (Å²) in [6, 6.07) is 12.8. The molecule has 10 heteroatoms. The van der Waals surface area contributed by atoms with Crippen molar-refractivity contribution in [2.45, 2.75) is 23.6 Å². The van der Waals surface area contributed by atoms with Crippen molar-refractivity contribution in [3.63, 3.8) is 0 Å². The van der Waals surface area contributed by atoms with Crippen molar-refractivity contribution in [1.82, 2.24) is 6.66 Å². The van der Waals surface area contributed by atoms with Crippen molar-refractivity contribution in [3.05, 3.63) is 59.7 Å². The van der Waals surface area contributed by atoms with E-state index >= 15 is 0 Å². The first-order valence-corrected chi connectivity index (χ1v) is 11.9. The Kier molecular flexibility index (Phi) is 7.03. The second-order valence-corrected chi connectivity index (χ2v) is 12.0. The Hall–Kier alpha value is -0.780. The smallest absolute Gasteiger partial charge is 0.206 e. The second-order valence-electron chi connectivity index (χ2n) is 5.66. The zero-order chi connectivity index (χ0) is 19.5. The monoisotopic (exact) mass is 524 g/mol. The van der Waals surface area contributed by atoms with E-state index in [1.54, 1.807) is 24.3 Å². The lowest BCUT2D eigenvalue weighted by atomic mass is 10.2. The van der Waals surface area contributed by atoms with Gasteiger partial charge in [-0.05, 0) is 38.1 Å². The maximum Gasteiger partial charge on any atom is 0.252 e. The third-order valence-electron chi connectivity index (χ3n) is 3.61. The molecular weight excluding hydrogens is 508 g/mol. The number of sulfonamides is 2. The van der Waals surface area contributed by atoms with Gasteiger partial charge < -0.3 is 0 Å². The highest BCUT2D eigenvalue weighted by molar-refractivity contribution is 9.09. The van der Waals surface area contributed by atoms with Crippen LogP contribution in [-0.4, -0.2) is 36.6 Å². The van der Waals surface area contributed by atoms with E-state index in [0.717, 1.165) is 17.8 Å². The van der Waals surface area contributed by atoms with Crippen molar-refractivity contribution >= 4 is 52.3 Å². The van der Waals surface area contributed by atoms with Gasteiger partial charge in [0.05, 0.1) is 9.79 Å². The molecule has 0 aliphatic rings. The van der Waals surface area contributed by atoms with Gasteiger partial charge in [0, 0.05) is 45.4 Å². The van der Waals surface area contributed by atoms with Crippen molar-refractivity contribution < 1.29 is 16.8 Å². The molecule has 142 valence electrons. The SMILES string of the molecule is Cc1ccc(S(=O)(=O)N(Br)CCN(Br)S(=O)(=O)c2ccc(C)cc2)cc1. The molecular formula is C16H18Br2N2O4S2. The third kappa shape index (κ3) is 4.93. The van der Waals surface area contributed by atoms with Crippen molar-refractivity contribution in [3.8, 4) is 0 Å². The number of aryl methyl sites for hydroxylation is 2. The molecule has 0 heterocycles. The van der Waals surface area contributed by atoms with Gasteiger partial charge in [-0.3, -0.25) is 0 Å². The molecule has 0 radical (unpaired) electrons. The number of nitrogens with zero attached hydrogens (tertiary/aromatic N) is 2. The van der Waals surface area contributed by atoms with E-state index in [9.17, 15) is 16.8 Å². The van der Waals surface area contributed by atoms with Crippen LogP contribution < -0.4 is 0 Å². The highest BCUT2D eigenvalue weighted by atomic mass is 79.9. The van der Waals surface area contributed by atoms with Crippen LogP contribution in [-0.2, 0) is 20.0 Å². The lowest BCUT2D eigenvalue weighted by Gasteiger charge is -2.19. The predicted molar refractivity (Wildman–Crippen MR) is 108 cm³/mol. The molecule has 26 heavy (non-hydrogen) atoms. The van der Waals surface area contributed by atoms with Crippen LogP contribution in [0.5, 0.6) is 0 Å². The van der Waals surface area contributed by atoms with Crippen LogP contribution in [0.1, 0.15) is 11.1 Å². The number of hydrogen-bond donors (Lipinski definition) is 0. The minimum absolute atomic E-state index is 0.0768. The quantitative estimate of drug-likeness (QED) is 0.517. The Morgan fingerprint density at radius 3 is 1.19 bits per heavy atom. The largest absolute Gasteiger partial charge is 0.252 e. The fourth-order valence-corrected chi connectivity index (χ4v) is 5.43. The van der Waals surface area contributed by atoms with Crippen LogP contribution in [0.25, 0.3) is 0 Å². The molecule has 0 unspecified atom stereocenters. The topological polar surface area (TPSA) is 74.8 Å². The van der Waals surface area contributed by atoms with Gasteiger partial charge in [-0.25, -0.2) is 16.8 Å². The molecule has 0 saturated carbocycles. The van der Waals surface area contributed by atoms with Crippen molar-refractivity contribution in [2.75, 3.05) is 13.1 Å². The zero-order valence-electron chi connectivity index (χ0n) is 14.1.